The predicted molar refractivity (Wildman–Crippen MR) is 79.3 cm³/mol. The van der Waals surface area contributed by atoms with Crippen LogP contribution in [0.2, 0.25) is 0 Å². The molecule has 0 aromatic heterocycles. The molecule has 2 atom stereocenters. The molecular formula is C13H15Br2NO3. The van der Waals surface area contributed by atoms with Gasteiger partial charge in [0.1, 0.15) is 12.2 Å². The lowest BCUT2D eigenvalue weighted by molar-refractivity contribution is -0.00461. The van der Waals surface area contributed by atoms with Gasteiger partial charge in [-0.25, -0.2) is 0 Å². The van der Waals surface area contributed by atoms with Crippen LogP contribution in [0.5, 0.6) is 0 Å². The second kappa shape index (κ2) is 6.35. The molecule has 2 rings (SSSR count). The molecule has 2 unspecified atom stereocenters. The van der Waals surface area contributed by atoms with Crippen molar-refractivity contribution in [1.29, 1.82) is 0 Å². The molecular weight excluding hydrogens is 378 g/mol. The number of amides is 1. The molecule has 1 fully saturated rings. The normalized spacial score (nSPS) is 22.8. The second-order valence-corrected chi connectivity index (χ2v) is 6.25. The van der Waals surface area contributed by atoms with Crippen molar-refractivity contribution in [2.75, 3.05) is 27.3 Å². The monoisotopic (exact) mass is 391 g/mol. The van der Waals surface area contributed by atoms with Gasteiger partial charge < -0.3 is 14.4 Å². The van der Waals surface area contributed by atoms with Crippen molar-refractivity contribution in [3.8, 4) is 0 Å². The van der Waals surface area contributed by atoms with Gasteiger partial charge in [-0.15, -0.1) is 0 Å². The maximum absolute atomic E-state index is 12.4. The number of hydrogen-bond acceptors (Lipinski definition) is 3. The number of ether oxygens (including phenoxy) is 2. The fourth-order valence-electron chi connectivity index (χ4n) is 2.22. The maximum Gasteiger partial charge on any atom is 0.254 e. The van der Waals surface area contributed by atoms with Crippen LogP contribution in [0.4, 0.5) is 0 Å². The molecule has 0 radical (unpaired) electrons. The van der Waals surface area contributed by atoms with Crippen molar-refractivity contribution in [2.24, 2.45) is 0 Å². The highest BCUT2D eigenvalue weighted by atomic mass is 79.9. The molecule has 1 saturated heterocycles. The van der Waals surface area contributed by atoms with Crippen molar-refractivity contribution in [2.45, 2.75) is 12.2 Å². The van der Waals surface area contributed by atoms with Crippen LogP contribution in [-0.2, 0) is 9.47 Å². The highest BCUT2D eigenvalue weighted by Gasteiger charge is 2.35. The first-order chi connectivity index (χ1) is 9.05. The third-order valence-electron chi connectivity index (χ3n) is 3.22. The maximum atomic E-state index is 12.4. The van der Waals surface area contributed by atoms with E-state index in [0.717, 1.165) is 8.95 Å². The summed E-state index contributed by atoms with van der Waals surface area (Å²) in [6, 6.07) is 5.53. The van der Waals surface area contributed by atoms with Crippen LogP contribution in [-0.4, -0.2) is 50.3 Å². The number of halogens is 2. The van der Waals surface area contributed by atoms with Gasteiger partial charge in [-0.3, -0.25) is 4.79 Å². The van der Waals surface area contributed by atoms with E-state index in [1.165, 1.54) is 0 Å². The van der Waals surface area contributed by atoms with Gasteiger partial charge in [0.25, 0.3) is 5.91 Å². The number of likely N-dealkylation sites (tertiary alicyclic amines) is 1. The van der Waals surface area contributed by atoms with Crippen molar-refractivity contribution in [1.82, 2.24) is 4.90 Å². The van der Waals surface area contributed by atoms with E-state index < -0.39 is 0 Å². The Morgan fingerprint density at radius 3 is 2.00 bits per heavy atom. The summed E-state index contributed by atoms with van der Waals surface area (Å²) in [7, 11) is 3.28. The first kappa shape index (κ1) is 15.0. The lowest BCUT2D eigenvalue weighted by atomic mass is 10.2. The Morgan fingerprint density at radius 2 is 1.58 bits per heavy atom. The van der Waals surface area contributed by atoms with Gasteiger partial charge in [-0.2, -0.15) is 0 Å². The smallest absolute Gasteiger partial charge is 0.254 e. The zero-order chi connectivity index (χ0) is 14.0. The number of hydrogen-bond donors (Lipinski definition) is 0. The molecule has 1 amide bonds. The summed E-state index contributed by atoms with van der Waals surface area (Å²) in [5, 5.41) is 0. The van der Waals surface area contributed by atoms with Gasteiger partial charge in [-0.1, -0.05) is 31.9 Å². The molecule has 1 aromatic rings. The van der Waals surface area contributed by atoms with Gasteiger partial charge in [0, 0.05) is 41.8 Å². The lowest BCUT2D eigenvalue weighted by Crippen LogP contribution is -2.30. The van der Waals surface area contributed by atoms with Gasteiger partial charge in [-0.05, 0) is 18.2 Å². The van der Waals surface area contributed by atoms with E-state index in [4.69, 9.17) is 9.47 Å². The quantitative estimate of drug-likeness (QED) is 0.793. The summed E-state index contributed by atoms with van der Waals surface area (Å²) in [6.07, 6.45) is -0.130. The molecule has 1 heterocycles. The summed E-state index contributed by atoms with van der Waals surface area (Å²) < 4.78 is 12.4. The second-order valence-electron chi connectivity index (χ2n) is 4.42. The minimum Gasteiger partial charge on any atom is -0.377 e. The number of carbonyl (C=O) groups is 1. The zero-order valence-electron chi connectivity index (χ0n) is 10.7. The summed E-state index contributed by atoms with van der Waals surface area (Å²) >= 11 is 6.78. The van der Waals surface area contributed by atoms with E-state index in [2.05, 4.69) is 31.9 Å². The number of nitrogens with zero attached hydrogens (tertiary/aromatic N) is 1. The average molecular weight is 393 g/mol. The average Bonchev–Trinajstić information content (AvgIpc) is 2.79. The van der Waals surface area contributed by atoms with Gasteiger partial charge >= 0.3 is 0 Å². The highest BCUT2D eigenvalue weighted by Crippen LogP contribution is 2.23. The van der Waals surface area contributed by atoms with Crippen LogP contribution >= 0.6 is 31.9 Å². The molecule has 0 N–H and O–H groups in total. The van der Waals surface area contributed by atoms with E-state index in [1.807, 2.05) is 18.2 Å². The number of carbonyl (C=O) groups excluding carboxylic acids is 1. The Kier molecular flexibility index (Phi) is 5.00. The molecule has 0 spiro atoms. The molecule has 6 heteroatoms. The summed E-state index contributed by atoms with van der Waals surface area (Å²) in [5.74, 6) is -0.0106. The standard InChI is InChI=1S/C13H15Br2NO3/c1-18-11-6-16(7-12(11)19-2)13(17)8-3-9(14)5-10(15)4-8/h3-5,11-12H,6-7H2,1-2H3. The van der Waals surface area contributed by atoms with Crippen LogP contribution < -0.4 is 0 Å². The Bertz CT molecular complexity index is 449. The van der Waals surface area contributed by atoms with Gasteiger partial charge in [0.05, 0.1) is 0 Å². The van der Waals surface area contributed by atoms with Crippen molar-refractivity contribution in [3.05, 3.63) is 32.7 Å². The molecule has 4 nitrogen and oxygen atoms in total. The predicted octanol–water partition coefficient (Wildman–Crippen LogP) is 2.70. The van der Waals surface area contributed by atoms with E-state index >= 15 is 0 Å². The molecule has 0 bridgehead atoms. The van der Waals surface area contributed by atoms with Crippen molar-refractivity contribution >= 4 is 37.8 Å². The third-order valence-corrected chi connectivity index (χ3v) is 4.13. The summed E-state index contributed by atoms with van der Waals surface area (Å²) in [4.78, 5) is 14.2. The van der Waals surface area contributed by atoms with Crippen molar-refractivity contribution < 1.29 is 14.3 Å². The van der Waals surface area contributed by atoms with Crippen molar-refractivity contribution in [3.63, 3.8) is 0 Å². The molecule has 104 valence electrons. The van der Waals surface area contributed by atoms with Crippen LogP contribution in [0.1, 0.15) is 10.4 Å². The first-order valence-corrected chi connectivity index (χ1v) is 7.44. The Morgan fingerprint density at radius 1 is 1.11 bits per heavy atom. The minimum atomic E-state index is -0.0652. The number of benzene rings is 1. The fourth-order valence-corrected chi connectivity index (χ4v) is 3.52. The molecule has 0 aliphatic carbocycles. The number of methoxy groups -OCH3 is 2. The fraction of sp³-hybridized carbons (Fsp3) is 0.462. The number of rotatable bonds is 3. The third kappa shape index (κ3) is 3.37. The van der Waals surface area contributed by atoms with Gasteiger partial charge in [0.2, 0.25) is 0 Å². The minimum absolute atomic E-state index is 0.0106. The van der Waals surface area contributed by atoms with E-state index in [9.17, 15) is 4.79 Å². The highest BCUT2D eigenvalue weighted by molar-refractivity contribution is 9.11. The van der Waals surface area contributed by atoms with E-state index in [0.29, 0.717) is 18.7 Å². The van der Waals surface area contributed by atoms with Crippen LogP contribution in [0, 0.1) is 0 Å². The molecule has 0 saturated carbocycles. The topological polar surface area (TPSA) is 38.8 Å². The Labute approximate surface area is 129 Å². The summed E-state index contributed by atoms with van der Waals surface area (Å²) in [6.45, 7) is 1.11. The Hall–Kier alpha value is -0.430. The van der Waals surface area contributed by atoms with Gasteiger partial charge in [0.15, 0.2) is 0 Å². The van der Waals surface area contributed by atoms with Crippen LogP contribution in [0.15, 0.2) is 27.1 Å². The SMILES string of the molecule is COC1CN(C(=O)c2cc(Br)cc(Br)c2)CC1OC. The van der Waals surface area contributed by atoms with E-state index in [-0.39, 0.29) is 18.1 Å². The largest absolute Gasteiger partial charge is 0.377 e. The van der Waals surface area contributed by atoms with E-state index in [1.54, 1.807) is 19.1 Å². The zero-order valence-corrected chi connectivity index (χ0v) is 13.9. The molecule has 1 aliphatic rings. The first-order valence-electron chi connectivity index (χ1n) is 5.86. The Balaban J connectivity index is 2.16. The van der Waals surface area contributed by atoms with Crippen LogP contribution in [0.3, 0.4) is 0 Å². The van der Waals surface area contributed by atoms with Crippen LogP contribution in [0.25, 0.3) is 0 Å². The molecule has 1 aliphatic heterocycles. The molecule has 19 heavy (non-hydrogen) atoms. The molecule has 1 aromatic carbocycles. The lowest BCUT2D eigenvalue weighted by Gasteiger charge is -2.16. The summed E-state index contributed by atoms with van der Waals surface area (Å²) in [5.41, 5.74) is 0.646.